The van der Waals surface area contributed by atoms with Crippen molar-refractivity contribution in [1.82, 2.24) is 10.2 Å². The number of urea groups is 1. The maximum Gasteiger partial charge on any atom is 0.416 e. The quantitative estimate of drug-likeness (QED) is 0.815. The molecule has 2 aromatic carbocycles. The van der Waals surface area contributed by atoms with E-state index in [1.54, 1.807) is 17.0 Å². The van der Waals surface area contributed by atoms with Crippen LogP contribution in [0.4, 0.5) is 23.7 Å². The molecule has 154 valence electrons. The minimum Gasteiger partial charge on any atom is -0.478 e. The summed E-state index contributed by atoms with van der Waals surface area (Å²) in [6.07, 6.45) is -4.52. The van der Waals surface area contributed by atoms with Crippen molar-refractivity contribution < 1.29 is 27.9 Å². The van der Waals surface area contributed by atoms with Gasteiger partial charge in [-0.2, -0.15) is 13.2 Å². The fourth-order valence-corrected chi connectivity index (χ4v) is 3.08. The average molecular weight is 407 g/mol. The Hall–Kier alpha value is -3.07. The summed E-state index contributed by atoms with van der Waals surface area (Å²) >= 11 is 0. The Bertz CT molecular complexity index is 879. The zero-order chi connectivity index (χ0) is 21.0. The Morgan fingerprint density at radius 2 is 1.72 bits per heavy atom. The molecule has 29 heavy (non-hydrogen) atoms. The Kier molecular flexibility index (Phi) is 6.07. The first kappa shape index (κ1) is 20.7. The average Bonchev–Trinajstić information content (AvgIpc) is 2.72. The summed E-state index contributed by atoms with van der Waals surface area (Å²) in [6.45, 7) is 2.13. The predicted molar refractivity (Wildman–Crippen MR) is 101 cm³/mol. The summed E-state index contributed by atoms with van der Waals surface area (Å²) < 4.78 is 39.5. The molecule has 1 saturated heterocycles. The van der Waals surface area contributed by atoms with Crippen LogP contribution in [0.3, 0.4) is 0 Å². The standard InChI is InChI=1S/C20H20F3N3O3/c21-20(22,23)16-2-1-3-17(12-16)26(19(29)25-10-8-24-9-11-25)13-14-4-6-15(7-5-14)18(27)28/h1-7,12,24H,8-11,13H2,(H,27,28). The highest BCUT2D eigenvalue weighted by Gasteiger charge is 2.32. The van der Waals surface area contributed by atoms with Crippen molar-refractivity contribution in [3.8, 4) is 0 Å². The second-order valence-corrected chi connectivity index (χ2v) is 6.66. The molecular formula is C20H20F3N3O3. The van der Waals surface area contributed by atoms with Crippen LogP contribution in [-0.4, -0.2) is 48.2 Å². The van der Waals surface area contributed by atoms with E-state index in [4.69, 9.17) is 5.11 Å². The minimum absolute atomic E-state index is 0.0178. The zero-order valence-corrected chi connectivity index (χ0v) is 15.4. The number of aromatic carboxylic acids is 1. The van der Waals surface area contributed by atoms with Crippen LogP contribution in [0, 0.1) is 0 Å². The molecule has 6 nitrogen and oxygen atoms in total. The number of nitrogens with zero attached hydrogens (tertiary/aromatic N) is 2. The topological polar surface area (TPSA) is 72.9 Å². The molecule has 2 N–H and O–H groups in total. The highest BCUT2D eigenvalue weighted by atomic mass is 19.4. The SMILES string of the molecule is O=C(O)c1ccc(CN(C(=O)N2CCNCC2)c2cccc(C(F)(F)F)c2)cc1. The van der Waals surface area contributed by atoms with Gasteiger partial charge in [0.05, 0.1) is 17.7 Å². The third-order valence-corrected chi connectivity index (χ3v) is 4.65. The van der Waals surface area contributed by atoms with Gasteiger partial charge in [-0.15, -0.1) is 0 Å². The Morgan fingerprint density at radius 3 is 2.31 bits per heavy atom. The number of piperazine rings is 1. The molecule has 0 unspecified atom stereocenters. The van der Waals surface area contributed by atoms with E-state index in [9.17, 15) is 22.8 Å². The summed E-state index contributed by atoms with van der Waals surface area (Å²) in [6, 6.07) is 10.1. The number of hydrogen-bond acceptors (Lipinski definition) is 3. The lowest BCUT2D eigenvalue weighted by molar-refractivity contribution is -0.137. The van der Waals surface area contributed by atoms with Crippen LogP contribution >= 0.6 is 0 Å². The largest absolute Gasteiger partial charge is 0.478 e. The monoisotopic (exact) mass is 407 g/mol. The first-order chi connectivity index (χ1) is 13.8. The smallest absolute Gasteiger partial charge is 0.416 e. The van der Waals surface area contributed by atoms with Gasteiger partial charge in [0.1, 0.15) is 0 Å². The van der Waals surface area contributed by atoms with Gasteiger partial charge in [0.2, 0.25) is 0 Å². The Balaban J connectivity index is 1.93. The van der Waals surface area contributed by atoms with Crippen LogP contribution in [0.1, 0.15) is 21.5 Å². The molecule has 1 heterocycles. The van der Waals surface area contributed by atoms with Gasteiger partial charge in [-0.25, -0.2) is 9.59 Å². The number of amides is 2. The fourth-order valence-electron chi connectivity index (χ4n) is 3.08. The number of anilines is 1. The third kappa shape index (κ3) is 5.05. The summed E-state index contributed by atoms with van der Waals surface area (Å²) in [5, 5.41) is 12.1. The maximum atomic E-state index is 13.2. The Morgan fingerprint density at radius 1 is 1.07 bits per heavy atom. The van der Waals surface area contributed by atoms with Crippen LogP contribution in [0.15, 0.2) is 48.5 Å². The Labute approximate surface area is 165 Å². The second kappa shape index (κ2) is 8.52. The van der Waals surface area contributed by atoms with Gasteiger partial charge in [-0.05, 0) is 35.9 Å². The van der Waals surface area contributed by atoms with Crippen LogP contribution in [0.2, 0.25) is 0 Å². The number of rotatable bonds is 4. The van der Waals surface area contributed by atoms with Gasteiger partial charge in [0, 0.05) is 31.9 Å². The second-order valence-electron chi connectivity index (χ2n) is 6.66. The van der Waals surface area contributed by atoms with Crippen LogP contribution in [0.5, 0.6) is 0 Å². The van der Waals surface area contributed by atoms with Crippen molar-refractivity contribution in [3.63, 3.8) is 0 Å². The first-order valence-electron chi connectivity index (χ1n) is 9.02. The zero-order valence-electron chi connectivity index (χ0n) is 15.4. The molecule has 0 spiro atoms. The lowest BCUT2D eigenvalue weighted by Crippen LogP contribution is -2.51. The van der Waals surface area contributed by atoms with E-state index in [1.807, 2.05) is 0 Å². The summed E-state index contributed by atoms with van der Waals surface area (Å²) in [7, 11) is 0. The summed E-state index contributed by atoms with van der Waals surface area (Å²) in [4.78, 5) is 27.0. The lowest BCUT2D eigenvalue weighted by Gasteiger charge is -2.33. The molecule has 1 aliphatic heterocycles. The van der Waals surface area contributed by atoms with Gasteiger partial charge in [-0.3, -0.25) is 4.90 Å². The number of nitrogens with one attached hydrogen (secondary N) is 1. The first-order valence-corrected chi connectivity index (χ1v) is 9.02. The number of carbonyl (C=O) groups excluding carboxylic acids is 1. The van der Waals surface area contributed by atoms with E-state index in [2.05, 4.69) is 5.32 Å². The van der Waals surface area contributed by atoms with Gasteiger partial charge in [-0.1, -0.05) is 18.2 Å². The van der Waals surface area contributed by atoms with Crippen molar-refractivity contribution >= 4 is 17.7 Å². The summed E-state index contributed by atoms with van der Waals surface area (Å²) in [5.74, 6) is -1.08. The van der Waals surface area contributed by atoms with Gasteiger partial charge >= 0.3 is 18.2 Å². The number of carboxylic acids is 1. The van der Waals surface area contributed by atoms with E-state index in [1.165, 1.54) is 29.2 Å². The minimum atomic E-state index is -4.52. The summed E-state index contributed by atoms with van der Waals surface area (Å²) in [5.41, 5.74) is -0.0105. The van der Waals surface area contributed by atoms with Gasteiger partial charge in [0.25, 0.3) is 0 Å². The van der Waals surface area contributed by atoms with Crippen LogP contribution in [0.25, 0.3) is 0 Å². The fraction of sp³-hybridized carbons (Fsp3) is 0.300. The molecule has 0 radical (unpaired) electrons. The number of alkyl halides is 3. The molecule has 1 fully saturated rings. The molecule has 1 aliphatic rings. The number of benzene rings is 2. The third-order valence-electron chi connectivity index (χ3n) is 4.65. The number of halogens is 3. The van der Waals surface area contributed by atoms with Gasteiger partial charge in [0.15, 0.2) is 0 Å². The highest BCUT2D eigenvalue weighted by Crippen LogP contribution is 2.32. The molecule has 9 heteroatoms. The molecule has 3 rings (SSSR count). The van der Waals surface area contributed by atoms with Crippen molar-refractivity contribution in [2.45, 2.75) is 12.7 Å². The van der Waals surface area contributed by atoms with E-state index >= 15 is 0 Å². The van der Waals surface area contributed by atoms with Crippen molar-refractivity contribution in [2.75, 3.05) is 31.1 Å². The molecule has 0 aromatic heterocycles. The molecule has 0 aliphatic carbocycles. The maximum absolute atomic E-state index is 13.2. The van der Waals surface area contributed by atoms with E-state index in [-0.39, 0.29) is 17.8 Å². The highest BCUT2D eigenvalue weighted by molar-refractivity contribution is 5.92. The molecule has 0 saturated carbocycles. The predicted octanol–water partition coefficient (Wildman–Crippen LogP) is 3.44. The van der Waals surface area contributed by atoms with Gasteiger partial charge < -0.3 is 15.3 Å². The van der Waals surface area contributed by atoms with Crippen molar-refractivity contribution in [2.24, 2.45) is 0 Å². The van der Waals surface area contributed by atoms with Crippen molar-refractivity contribution in [1.29, 1.82) is 0 Å². The van der Waals surface area contributed by atoms with E-state index in [0.29, 0.717) is 31.7 Å². The molecule has 0 bridgehead atoms. The van der Waals surface area contributed by atoms with Crippen molar-refractivity contribution in [3.05, 3.63) is 65.2 Å². The number of hydrogen-bond donors (Lipinski definition) is 2. The molecule has 0 atom stereocenters. The normalized spacial score (nSPS) is 14.5. The van der Waals surface area contributed by atoms with E-state index in [0.717, 1.165) is 12.1 Å². The molecule has 2 aromatic rings. The molecule has 2 amide bonds. The number of carbonyl (C=O) groups is 2. The van der Waals surface area contributed by atoms with Crippen LogP contribution in [-0.2, 0) is 12.7 Å². The lowest BCUT2D eigenvalue weighted by atomic mass is 10.1. The van der Waals surface area contributed by atoms with Crippen LogP contribution < -0.4 is 10.2 Å². The molecular weight excluding hydrogens is 387 g/mol. The number of carboxylic acid groups (broad SMARTS) is 1. The van der Waals surface area contributed by atoms with E-state index < -0.39 is 23.7 Å².